The molecule has 0 aromatic heterocycles. The van der Waals surface area contributed by atoms with Crippen LogP contribution in [0, 0.1) is 6.92 Å². The van der Waals surface area contributed by atoms with E-state index in [-0.39, 0.29) is 0 Å². The van der Waals surface area contributed by atoms with Gasteiger partial charge in [-0.2, -0.15) is 0 Å². The molecule has 0 heteroatoms. The molecule has 0 aliphatic carbocycles. The van der Waals surface area contributed by atoms with Crippen molar-refractivity contribution in [3.63, 3.8) is 0 Å². The first-order valence-corrected chi connectivity index (χ1v) is 7.31. The summed E-state index contributed by atoms with van der Waals surface area (Å²) < 4.78 is 0. The average molecular weight is 268 g/mol. The Kier molecular flexibility index (Phi) is 2.75. The van der Waals surface area contributed by atoms with Gasteiger partial charge >= 0.3 is 0 Å². The summed E-state index contributed by atoms with van der Waals surface area (Å²) in [5, 5.41) is 5.30. The van der Waals surface area contributed by atoms with Crippen molar-refractivity contribution >= 4 is 21.5 Å². The molecule has 4 rings (SSSR count). The maximum Gasteiger partial charge on any atom is -0.00242 e. The van der Waals surface area contributed by atoms with Gasteiger partial charge in [0.05, 0.1) is 0 Å². The zero-order valence-electron chi connectivity index (χ0n) is 12.0. The van der Waals surface area contributed by atoms with Crippen molar-refractivity contribution in [2.45, 2.75) is 6.92 Å². The fourth-order valence-corrected chi connectivity index (χ4v) is 3.21. The van der Waals surface area contributed by atoms with Gasteiger partial charge in [-0.25, -0.2) is 0 Å². The number of rotatable bonds is 1. The Morgan fingerprint density at radius 2 is 1.33 bits per heavy atom. The molecule has 4 aromatic rings. The Hall–Kier alpha value is -2.60. The van der Waals surface area contributed by atoms with E-state index >= 15 is 0 Å². The molecule has 0 aliphatic heterocycles. The highest BCUT2D eigenvalue weighted by molar-refractivity contribution is 6.13. The largest absolute Gasteiger partial charge is 0.0622 e. The van der Waals surface area contributed by atoms with E-state index in [9.17, 15) is 0 Å². The standard InChI is InChI=1S/C21H16/c1-15-8-7-12-18-14-17-11-5-6-13-19(17)21(20(15)18)16-9-3-2-4-10-16/h2-14H,1H3. The summed E-state index contributed by atoms with van der Waals surface area (Å²) in [4.78, 5) is 0. The molecule has 0 aliphatic rings. The number of benzene rings is 4. The van der Waals surface area contributed by atoms with Crippen molar-refractivity contribution in [2.24, 2.45) is 0 Å². The first kappa shape index (κ1) is 12.2. The van der Waals surface area contributed by atoms with Crippen LogP contribution in [-0.2, 0) is 0 Å². The van der Waals surface area contributed by atoms with Crippen LogP contribution >= 0.6 is 0 Å². The van der Waals surface area contributed by atoms with Gasteiger partial charge in [-0.05, 0) is 51.2 Å². The summed E-state index contributed by atoms with van der Waals surface area (Å²) in [6.45, 7) is 2.20. The van der Waals surface area contributed by atoms with Crippen molar-refractivity contribution in [3.8, 4) is 11.1 Å². The summed E-state index contributed by atoms with van der Waals surface area (Å²) in [6.07, 6.45) is 0. The molecular formula is C21H16. The first-order valence-electron chi connectivity index (χ1n) is 7.31. The van der Waals surface area contributed by atoms with Crippen LogP contribution in [0.1, 0.15) is 5.56 Å². The van der Waals surface area contributed by atoms with E-state index in [0.29, 0.717) is 0 Å². The second kappa shape index (κ2) is 4.75. The minimum Gasteiger partial charge on any atom is -0.0622 e. The molecule has 0 heterocycles. The normalized spacial score (nSPS) is 11.1. The van der Waals surface area contributed by atoms with Crippen LogP contribution in [0.25, 0.3) is 32.7 Å². The summed E-state index contributed by atoms with van der Waals surface area (Å²) >= 11 is 0. The van der Waals surface area contributed by atoms with Crippen LogP contribution in [0.2, 0.25) is 0 Å². The highest BCUT2D eigenvalue weighted by atomic mass is 14.1. The van der Waals surface area contributed by atoms with Crippen LogP contribution in [-0.4, -0.2) is 0 Å². The maximum atomic E-state index is 2.30. The van der Waals surface area contributed by atoms with Crippen LogP contribution in [0.5, 0.6) is 0 Å². The highest BCUT2D eigenvalue weighted by Gasteiger charge is 2.10. The van der Waals surface area contributed by atoms with Crippen LogP contribution < -0.4 is 0 Å². The number of aryl methyl sites for hydroxylation is 1. The number of fused-ring (bicyclic) bond motifs is 2. The lowest BCUT2D eigenvalue weighted by Gasteiger charge is -2.14. The summed E-state index contributed by atoms with van der Waals surface area (Å²) in [6, 6.07) is 28.2. The molecule has 0 nitrogen and oxygen atoms in total. The lowest BCUT2D eigenvalue weighted by atomic mass is 9.90. The molecule has 0 atom stereocenters. The van der Waals surface area contributed by atoms with E-state index in [0.717, 1.165) is 0 Å². The van der Waals surface area contributed by atoms with Gasteiger partial charge in [0.1, 0.15) is 0 Å². The quantitative estimate of drug-likeness (QED) is 0.373. The minimum atomic E-state index is 1.29. The Bertz CT molecular complexity index is 934. The van der Waals surface area contributed by atoms with Crippen LogP contribution in [0.15, 0.2) is 78.9 Å². The zero-order valence-corrected chi connectivity index (χ0v) is 12.0. The SMILES string of the molecule is Cc1cccc2cc3ccccc3c(-c3ccccc3)c12. The van der Waals surface area contributed by atoms with E-state index in [1.54, 1.807) is 0 Å². The van der Waals surface area contributed by atoms with Gasteiger partial charge in [0, 0.05) is 0 Å². The fraction of sp³-hybridized carbons (Fsp3) is 0.0476. The van der Waals surface area contributed by atoms with E-state index in [4.69, 9.17) is 0 Å². The zero-order chi connectivity index (χ0) is 14.2. The Balaban J connectivity index is 2.27. The smallest absolute Gasteiger partial charge is 0.00242 e. The van der Waals surface area contributed by atoms with Gasteiger partial charge in [0.25, 0.3) is 0 Å². The molecule has 0 fully saturated rings. The Labute approximate surface area is 124 Å². The Morgan fingerprint density at radius 1 is 0.619 bits per heavy atom. The molecule has 0 N–H and O–H groups in total. The van der Waals surface area contributed by atoms with Crippen molar-refractivity contribution in [3.05, 3.63) is 84.4 Å². The van der Waals surface area contributed by atoms with E-state index in [2.05, 4.69) is 85.8 Å². The van der Waals surface area contributed by atoms with Crippen molar-refractivity contribution in [2.75, 3.05) is 0 Å². The third-order valence-corrected chi connectivity index (χ3v) is 4.16. The summed E-state index contributed by atoms with van der Waals surface area (Å²) in [7, 11) is 0. The average Bonchev–Trinajstić information content (AvgIpc) is 2.54. The molecule has 0 saturated heterocycles. The monoisotopic (exact) mass is 268 g/mol. The van der Waals surface area contributed by atoms with Gasteiger partial charge in [-0.1, -0.05) is 72.8 Å². The second-order valence-corrected chi connectivity index (χ2v) is 5.51. The highest BCUT2D eigenvalue weighted by Crippen LogP contribution is 2.37. The van der Waals surface area contributed by atoms with E-state index < -0.39 is 0 Å². The van der Waals surface area contributed by atoms with Gasteiger partial charge in [-0.3, -0.25) is 0 Å². The lowest BCUT2D eigenvalue weighted by molar-refractivity contribution is 1.53. The summed E-state index contributed by atoms with van der Waals surface area (Å²) in [5.41, 5.74) is 3.97. The summed E-state index contributed by atoms with van der Waals surface area (Å²) in [5.74, 6) is 0. The second-order valence-electron chi connectivity index (χ2n) is 5.51. The first-order chi connectivity index (χ1) is 10.3. The van der Waals surface area contributed by atoms with Crippen LogP contribution in [0.4, 0.5) is 0 Å². The number of hydrogen-bond acceptors (Lipinski definition) is 0. The van der Waals surface area contributed by atoms with E-state index in [1.807, 2.05) is 0 Å². The van der Waals surface area contributed by atoms with Gasteiger partial charge in [0.15, 0.2) is 0 Å². The topological polar surface area (TPSA) is 0 Å². The van der Waals surface area contributed by atoms with Crippen molar-refractivity contribution < 1.29 is 0 Å². The molecule has 0 amide bonds. The molecule has 4 aromatic carbocycles. The molecule has 0 unspecified atom stereocenters. The molecule has 0 saturated carbocycles. The van der Waals surface area contributed by atoms with Gasteiger partial charge < -0.3 is 0 Å². The predicted octanol–water partition coefficient (Wildman–Crippen LogP) is 5.97. The van der Waals surface area contributed by atoms with Crippen LogP contribution in [0.3, 0.4) is 0 Å². The third-order valence-electron chi connectivity index (χ3n) is 4.16. The fourth-order valence-electron chi connectivity index (χ4n) is 3.21. The molecule has 21 heavy (non-hydrogen) atoms. The van der Waals surface area contributed by atoms with Crippen molar-refractivity contribution in [1.82, 2.24) is 0 Å². The van der Waals surface area contributed by atoms with E-state index in [1.165, 1.54) is 38.2 Å². The maximum absolute atomic E-state index is 2.30. The minimum absolute atomic E-state index is 1.29. The molecule has 0 spiro atoms. The molecule has 0 bridgehead atoms. The number of hydrogen-bond donors (Lipinski definition) is 0. The van der Waals surface area contributed by atoms with Gasteiger partial charge in [-0.15, -0.1) is 0 Å². The lowest BCUT2D eigenvalue weighted by Crippen LogP contribution is -1.87. The third kappa shape index (κ3) is 1.92. The van der Waals surface area contributed by atoms with Gasteiger partial charge in [0.2, 0.25) is 0 Å². The molecular weight excluding hydrogens is 252 g/mol. The predicted molar refractivity (Wildman–Crippen MR) is 91.6 cm³/mol. The Morgan fingerprint density at radius 3 is 2.19 bits per heavy atom. The molecule has 100 valence electrons. The van der Waals surface area contributed by atoms with Crippen molar-refractivity contribution in [1.29, 1.82) is 0 Å². The molecule has 0 radical (unpaired) electrons.